The number of H-pyrrole nitrogens is 1. The number of carbonyl (C=O) groups excluding carboxylic acids is 2. The maximum absolute atomic E-state index is 12.3. The van der Waals surface area contributed by atoms with Crippen LogP contribution in [0.3, 0.4) is 0 Å². The standard InChI is InChI=1S/C16H13N5O2/c22-10-17-11-4-6-12(7-5-11)19-16(23)15-3-1-2-13(20-15)14-8-9-18-21-14/h1-10H,(H,17,22)(H,18,21)(H,19,23). The molecular formula is C16H13N5O2. The van der Waals surface area contributed by atoms with Crippen molar-refractivity contribution in [3.8, 4) is 11.4 Å². The zero-order chi connectivity index (χ0) is 16.1. The zero-order valence-electron chi connectivity index (χ0n) is 12.0. The zero-order valence-corrected chi connectivity index (χ0v) is 12.0. The molecule has 3 N–H and O–H groups in total. The van der Waals surface area contributed by atoms with Gasteiger partial charge in [0.2, 0.25) is 6.41 Å². The van der Waals surface area contributed by atoms with Crippen LogP contribution >= 0.6 is 0 Å². The minimum absolute atomic E-state index is 0.298. The second kappa shape index (κ2) is 6.52. The van der Waals surface area contributed by atoms with Gasteiger partial charge in [-0.1, -0.05) is 6.07 Å². The quantitative estimate of drug-likeness (QED) is 0.630. The highest BCUT2D eigenvalue weighted by Crippen LogP contribution is 2.16. The minimum atomic E-state index is -0.317. The van der Waals surface area contributed by atoms with Crippen LogP contribution in [0.25, 0.3) is 11.4 Å². The van der Waals surface area contributed by atoms with Crippen LogP contribution in [0.2, 0.25) is 0 Å². The second-order valence-electron chi connectivity index (χ2n) is 4.67. The van der Waals surface area contributed by atoms with Crippen molar-refractivity contribution >= 4 is 23.7 Å². The average Bonchev–Trinajstić information content (AvgIpc) is 3.12. The van der Waals surface area contributed by atoms with Crippen LogP contribution < -0.4 is 10.6 Å². The Balaban J connectivity index is 1.75. The number of aromatic amines is 1. The van der Waals surface area contributed by atoms with Crippen molar-refractivity contribution in [1.29, 1.82) is 0 Å². The van der Waals surface area contributed by atoms with E-state index in [0.717, 1.165) is 5.69 Å². The lowest BCUT2D eigenvalue weighted by molar-refractivity contribution is -0.105. The lowest BCUT2D eigenvalue weighted by Crippen LogP contribution is -2.13. The third-order valence-electron chi connectivity index (χ3n) is 3.13. The summed E-state index contributed by atoms with van der Waals surface area (Å²) >= 11 is 0. The van der Waals surface area contributed by atoms with Gasteiger partial charge in [0.1, 0.15) is 5.69 Å². The lowest BCUT2D eigenvalue weighted by Gasteiger charge is -2.06. The minimum Gasteiger partial charge on any atom is -0.329 e. The molecule has 0 saturated heterocycles. The molecule has 0 spiro atoms. The molecule has 0 radical (unpaired) electrons. The van der Waals surface area contributed by atoms with Gasteiger partial charge in [0.15, 0.2) is 0 Å². The molecule has 2 heterocycles. The number of benzene rings is 1. The Morgan fingerprint density at radius 1 is 1.04 bits per heavy atom. The normalized spacial score (nSPS) is 10.1. The fraction of sp³-hybridized carbons (Fsp3) is 0. The summed E-state index contributed by atoms with van der Waals surface area (Å²) < 4.78 is 0. The molecule has 23 heavy (non-hydrogen) atoms. The fourth-order valence-corrected chi connectivity index (χ4v) is 2.02. The summed E-state index contributed by atoms with van der Waals surface area (Å²) in [7, 11) is 0. The molecule has 0 unspecified atom stereocenters. The molecular weight excluding hydrogens is 294 g/mol. The third kappa shape index (κ3) is 3.41. The van der Waals surface area contributed by atoms with Gasteiger partial charge < -0.3 is 10.6 Å². The molecule has 0 aliphatic carbocycles. The lowest BCUT2D eigenvalue weighted by atomic mass is 10.2. The smallest absolute Gasteiger partial charge is 0.274 e. The Hall–Kier alpha value is -3.48. The number of rotatable bonds is 5. The Labute approximate surface area is 131 Å². The van der Waals surface area contributed by atoms with E-state index in [1.54, 1.807) is 54.7 Å². The molecule has 114 valence electrons. The van der Waals surface area contributed by atoms with E-state index >= 15 is 0 Å². The van der Waals surface area contributed by atoms with E-state index in [4.69, 9.17) is 0 Å². The van der Waals surface area contributed by atoms with Crippen molar-refractivity contribution in [3.63, 3.8) is 0 Å². The Morgan fingerprint density at radius 2 is 1.83 bits per heavy atom. The van der Waals surface area contributed by atoms with Crippen molar-refractivity contribution in [3.05, 3.63) is 60.4 Å². The van der Waals surface area contributed by atoms with E-state index in [9.17, 15) is 9.59 Å². The van der Waals surface area contributed by atoms with Gasteiger partial charge in [0.25, 0.3) is 5.91 Å². The number of amides is 2. The van der Waals surface area contributed by atoms with Gasteiger partial charge in [-0.25, -0.2) is 4.98 Å². The predicted octanol–water partition coefficient (Wildman–Crippen LogP) is 2.29. The summed E-state index contributed by atoms with van der Waals surface area (Å²) in [6.07, 6.45) is 2.22. The van der Waals surface area contributed by atoms with Gasteiger partial charge in [-0.2, -0.15) is 5.10 Å². The molecule has 7 heteroatoms. The summed E-state index contributed by atoms with van der Waals surface area (Å²) in [5.74, 6) is -0.317. The second-order valence-corrected chi connectivity index (χ2v) is 4.67. The maximum atomic E-state index is 12.3. The number of nitrogens with zero attached hydrogens (tertiary/aromatic N) is 2. The summed E-state index contributed by atoms with van der Waals surface area (Å²) in [6.45, 7) is 0. The highest BCUT2D eigenvalue weighted by Gasteiger charge is 2.10. The van der Waals surface area contributed by atoms with E-state index in [-0.39, 0.29) is 5.91 Å². The monoisotopic (exact) mass is 307 g/mol. The fourth-order valence-electron chi connectivity index (χ4n) is 2.02. The topological polar surface area (TPSA) is 99.8 Å². The number of nitrogens with one attached hydrogen (secondary N) is 3. The van der Waals surface area contributed by atoms with E-state index < -0.39 is 0 Å². The Morgan fingerprint density at radius 3 is 2.52 bits per heavy atom. The van der Waals surface area contributed by atoms with Crippen LogP contribution in [0.15, 0.2) is 54.7 Å². The molecule has 3 rings (SSSR count). The van der Waals surface area contributed by atoms with Gasteiger partial charge in [0, 0.05) is 17.6 Å². The predicted molar refractivity (Wildman–Crippen MR) is 85.9 cm³/mol. The maximum Gasteiger partial charge on any atom is 0.274 e. The first kappa shape index (κ1) is 14.5. The number of anilines is 2. The molecule has 1 aromatic carbocycles. The van der Waals surface area contributed by atoms with Gasteiger partial charge in [0.05, 0.1) is 11.4 Å². The molecule has 7 nitrogen and oxygen atoms in total. The SMILES string of the molecule is O=CNc1ccc(NC(=O)c2cccc(-c3ccn[nH]3)n2)cc1. The number of carbonyl (C=O) groups is 2. The van der Waals surface area contributed by atoms with Crippen LogP contribution in [-0.4, -0.2) is 27.5 Å². The molecule has 2 amide bonds. The third-order valence-corrected chi connectivity index (χ3v) is 3.13. The van der Waals surface area contributed by atoms with Crippen molar-refractivity contribution in [1.82, 2.24) is 15.2 Å². The van der Waals surface area contributed by atoms with Crippen LogP contribution in [0.5, 0.6) is 0 Å². The Bertz CT molecular complexity index is 813. The summed E-state index contributed by atoms with van der Waals surface area (Å²) in [6, 6.07) is 13.8. The van der Waals surface area contributed by atoms with Gasteiger partial charge in [-0.3, -0.25) is 14.7 Å². The van der Waals surface area contributed by atoms with Crippen LogP contribution in [0, 0.1) is 0 Å². The summed E-state index contributed by atoms with van der Waals surface area (Å²) in [5.41, 5.74) is 2.94. The highest BCUT2D eigenvalue weighted by molar-refractivity contribution is 6.03. The molecule has 2 aromatic heterocycles. The van der Waals surface area contributed by atoms with Gasteiger partial charge in [-0.05, 0) is 42.5 Å². The molecule has 0 saturated carbocycles. The van der Waals surface area contributed by atoms with Gasteiger partial charge >= 0.3 is 0 Å². The Kier molecular flexibility index (Phi) is 4.10. The number of hydrogen-bond acceptors (Lipinski definition) is 4. The van der Waals surface area contributed by atoms with E-state index in [2.05, 4.69) is 25.8 Å². The molecule has 0 fully saturated rings. The summed E-state index contributed by atoms with van der Waals surface area (Å²) in [4.78, 5) is 26.9. The van der Waals surface area contributed by atoms with E-state index in [0.29, 0.717) is 29.2 Å². The van der Waals surface area contributed by atoms with Gasteiger partial charge in [-0.15, -0.1) is 0 Å². The number of pyridine rings is 1. The van der Waals surface area contributed by atoms with Crippen LogP contribution in [0.4, 0.5) is 11.4 Å². The van der Waals surface area contributed by atoms with E-state index in [1.165, 1.54) is 0 Å². The largest absolute Gasteiger partial charge is 0.329 e. The molecule has 0 aliphatic heterocycles. The van der Waals surface area contributed by atoms with Crippen molar-refractivity contribution in [2.45, 2.75) is 0 Å². The first-order valence-electron chi connectivity index (χ1n) is 6.84. The molecule has 0 bridgehead atoms. The highest BCUT2D eigenvalue weighted by atomic mass is 16.2. The molecule has 0 atom stereocenters. The van der Waals surface area contributed by atoms with Crippen molar-refractivity contribution in [2.75, 3.05) is 10.6 Å². The molecule has 0 aliphatic rings. The first-order chi connectivity index (χ1) is 11.3. The summed E-state index contributed by atoms with van der Waals surface area (Å²) in [5, 5.41) is 12.0. The van der Waals surface area contributed by atoms with Crippen molar-refractivity contribution in [2.24, 2.45) is 0 Å². The van der Waals surface area contributed by atoms with E-state index in [1.807, 2.05) is 0 Å². The number of aromatic nitrogens is 3. The van der Waals surface area contributed by atoms with Crippen LogP contribution in [-0.2, 0) is 4.79 Å². The molecule has 3 aromatic rings. The average molecular weight is 307 g/mol. The van der Waals surface area contributed by atoms with Crippen molar-refractivity contribution < 1.29 is 9.59 Å². The van der Waals surface area contributed by atoms with Crippen LogP contribution in [0.1, 0.15) is 10.5 Å². The first-order valence-corrected chi connectivity index (χ1v) is 6.84. The number of hydrogen-bond donors (Lipinski definition) is 3.